The second-order valence-electron chi connectivity index (χ2n) is 3.38. The van der Waals surface area contributed by atoms with Crippen LogP contribution in [0.3, 0.4) is 0 Å². The monoisotopic (exact) mass is 204 g/mol. The van der Waals surface area contributed by atoms with Crippen molar-refractivity contribution in [2.45, 2.75) is 19.9 Å². The Labute approximate surface area is 87.1 Å². The maximum absolute atomic E-state index is 11.2. The van der Waals surface area contributed by atoms with Gasteiger partial charge in [-0.3, -0.25) is 9.09 Å². The maximum Gasteiger partial charge on any atom is 0.441 e. The molecule has 0 bridgehead atoms. The summed E-state index contributed by atoms with van der Waals surface area (Å²) in [5.74, 6) is 0.236. The Kier molecular flexibility index (Phi) is 2.67. The van der Waals surface area contributed by atoms with Crippen LogP contribution in [0.25, 0.3) is 0 Å². The van der Waals surface area contributed by atoms with Crippen molar-refractivity contribution >= 4 is 0 Å². The number of hydrogen-bond donors (Lipinski definition) is 0. The van der Waals surface area contributed by atoms with Gasteiger partial charge < -0.3 is 0 Å². The molecule has 0 saturated heterocycles. The Balaban J connectivity index is 2.09. The van der Waals surface area contributed by atoms with E-state index in [1.54, 1.807) is 6.92 Å². The van der Waals surface area contributed by atoms with E-state index in [4.69, 9.17) is 0 Å². The molecule has 1 aromatic carbocycles. The van der Waals surface area contributed by atoms with Gasteiger partial charge in [-0.2, -0.15) is 0 Å². The highest BCUT2D eigenvalue weighted by Gasteiger charge is 2.05. The van der Waals surface area contributed by atoms with E-state index >= 15 is 0 Å². The largest absolute Gasteiger partial charge is 0.441 e. The molecule has 1 aromatic heterocycles. The molecule has 0 amide bonds. The zero-order chi connectivity index (χ0) is 10.7. The van der Waals surface area contributed by atoms with E-state index in [-0.39, 0.29) is 5.76 Å². The van der Waals surface area contributed by atoms with E-state index in [1.807, 2.05) is 30.3 Å². The lowest BCUT2D eigenvalue weighted by Crippen LogP contribution is -2.17. The summed E-state index contributed by atoms with van der Waals surface area (Å²) < 4.78 is 6.08. The number of nitrogens with zero attached hydrogens (tertiary/aromatic N) is 2. The first-order chi connectivity index (χ1) is 7.27. The molecule has 4 nitrogen and oxygen atoms in total. The number of aromatic nitrogens is 2. The van der Waals surface area contributed by atoms with Crippen LogP contribution in [0.2, 0.25) is 0 Å². The molecule has 0 saturated carbocycles. The Morgan fingerprint density at radius 3 is 2.67 bits per heavy atom. The summed E-state index contributed by atoms with van der Waals surface area (Å²) in [5, 5.41) is 3.60. The van der Waals surface area contributed by atoms with Crippen molar-refractivity contribution < 1.29 is 4.52 Å². The molecule has 0 atom stereocenters. The van der Waals surface area contributed by atoms with Crippen molar-refractivity contribution in [1.29, 1.82) is 0 Å². The molecule has 0 unspecified atom stereocenters. The Morgan fingerprint density at radius 2 is 2.07 bits per heavy atom. The second-order valence-corrected chi connectivity index (χ2v) is 3.38. The van der Waals surface area contributed by atoms with Crippen LogP contribution in [-0.4, -0.2) is 9.72 Å². The van der Waals surface area contributed by atoms with Crippen molar-refractivity contribution in [2.24, 2.45) is 0 Å². The van der Waals surface area contributed by atoms with Gasteiger partial charge in [-0.25, -0.2) is 4.79 Å². The summed E-state index contributed by atoms with van der Waals surface area (Å²) in [5.41, 5.74) is 1.20. The second kappa shape index (κ2) is 4.13. The molecule has 0 spiro atoms. The zero-order valence-corrected chi connectivity index (χ0v) is 8.51. The first-order valence-electron chi connectivity index (χ1n) is 4.84. The number of hydrogen-bond acceptors (Lipinski definition) is 3. The van der Waals surface area contributed by atoms with Gasteiger partial charge in [-0.05, 0) is 18.9 Å². The van der Waals surface area contributed by atoms with Gasteiger partial charge in [0.15, 0.2) is 5.82 Å². The predicted molar refractivity (Wildman–Crippen MR) is 55.6 cm³/mol. The van der Waals surface area contributed by atoms with Crippen LogP contribution in [0.4, 0.5) is 0 Å². The molecule has 0 fully saturated rings. The molecular formula is C11H12N2O2. The van der Waals surface area contributed by atoms with Crippen LogP contribution in [0.15, 0.2) is 39.6 Å². The molecule has 0 N–H and O–H groups in total. The van der Waals surface area contributed by atoms with Gasteiger partial charge in [0.1, 0.15) is 0 Å². The molecule has 15 heavy (non-hydrogen) atoms. The van der Waals surface area contributed by atoms with Gasteiger partial charge >= 0.3 is 5.76 Å². The fourth-order valence-electron chi connectivity index (χ4n) is 1.47. The summed E-state index contributed by atoms with van der Waals surface area (Å²) in [7, 11) is 0. The topological polar surface area (TPSA) is 48.0 Å². The fourth-order valence-corrected chi connectivity index (χ4v) is 1.47. The highest BCUT2D eigenvalue weighted by Crippen LogP contribution is 2.01. The van der Waals surface area contributed by atoms with Crippen LogP contribution in [0.1, 0.15) is 11.4 Å². The molecule has 0 aliphatic heterocycles. The normalized spacial score (nSPS) is 10.5. The van der Waals surface area contributed by atoms with Crippen molar-refractivity contribution in [3.05, 3.63) is 52.3 Å². The Morgan fingerprint density at radius 1 is 1.33 bits per heavy atom. The summed E-state index contributed by atoms with van der Waals surface area (Å²) in [6.07, 6.45) is 0.808. The van der Waals surface area contributed by atoms with Gasteiger partial charge in [0, 0.05) is 6.54 Å². The lowest BCUT2D eigenvalue weighted by atomic mass is 10.1. The van der Waals surface area contributed by atoms with E-state index in [0.29, 0.717) is 12.4 Å². The lowest BCUT2D eigenvalue weighted by molar-refractivity contribution is 0.374. The summed E-state index contributed by atoms with van der Waals surface area (Å²) in [4.78, 5) is 11.2. The number of benzene rings is 1. The maximum atomic E-state index is 11.2. The molecule has 1 heterocycles. The summed E-state index contributed by atoms with van der Waals surface area (Å²) in [6.45, 7) is 2.37. The highest BCUT2D eigenvalue weighted by atomic mass is 16.5. The van der Waals surface area contributed by atoms with Gasteiger partial charge in [-0.15, -0.1) is 0 Å². The third-order valence-corrected chi connectivity index (χ3v) is 2.33. The molecule has 0 aliphatic rings. The summed E-state index contributed by atoms with van der Waals surface area (Å²) >= 11 is 0. The standard InChI is InChI=1S/C11H12N2O2/c1-9-12-15-11(14)13(9)8-7-10-5-3-2-4-6-10/h2-6H,7-8H2,1H3. The highest BCUT2D eigenvalue weighted by molar-refractivity contribution is 5.14. The molecule has 0 aliphatic carbocycles. The smallest absolute Gasteiger partial charge is 0.296 e. The van der Waals surface area contributed by atoms with E-state index < -0.39 is 0 Å². The van der Waals surface area contributed by atoms with Crippen LogP contribution >= 0.6 is 0 Å². The van der Waals surface area contributed by atoms with E-state index in [9.17, 15) is 4.79 Å². The van der Waals surface area contributed by atoms with Crippen molar-refractivity contribution in [2.75, 3.05) is 0 Å². The SMILES string of the molecule is Cc1noc(=O)n1CCc1ccccc1. The van der Waals surface area contributed by atoms with Crippen molar-refractivity contribution in [1.82, 2.24) is 9.72 Å². The number of rotatable bonds is 3. The third kappa shape index (κ3) is 2.15. The lowest BCUT2D eigenvalue weighted by Gasteiger charge is -2.01. The third-order valence-electron chi connectivity index (χ3n) is 2.33. The molecular weight excluding hydrogens is 192 g/mol. The van der Waals surface area contributed by atoms with Gasteiger partial charge in [0.05, 0.1) is 0 Å². The molecule has 2 aromatic rings. The van der Waals surface area contributed by atoms with Gasteiger partial charge in [0.25, 0.3) is 0 Å². The fraction of sp³-hybridized carbons (Fsp3) is 0.273. The first kappa shape index (κ1) is 9.71. The van der Waals surface area contributed by atoms with Gasteiger partial charge in [-0.1, -0.05) is 35.5 Å². The van der Waals surface area contributed by atoms with Crippen LogP contribution in [-0.2, 0) is 13.0 Å². The molecule has 2 rings (SSSR count). The molecule has 0 radical (unpaired) electrons. The minimum Gasteiger partial charge on any atom is -0.296 e. The number of aryl methyl sites for hydroxylation is 2. The Hall–Kier alpha value is -1.84. The molecule has 4 heteroatoms. The Bertz CT molecular complexity index is 485. The summed E-state index contributed by atoms with van der Waals surface area (Å²) in [6, 6.07) is 10.0. The zero-order valence-electron chi connectivity index (χ0n) is 8.51. The van der Waals surface area contributed by atoms with Gasteiger partial charge in [0.2, 0.25) is 0 Å². The first-order valence-corrected chi connectivity index (χ1v) is 4.84. The van der Waals surface area contributed by atoms with E-state index in [1.165, 1.54) is 10.1 Å². The molecule has 78 valence electrons. The van der Waals surface area contributed by atoms with Crippen LogP contribution in [0.5, 0.6) is 0 Å². The van der Waals surface area contributed by atoms with Crippen LogP contribution in [0, 0.1) is 6.92 Å². The van der Waals surface area contributed by atoms with Crippen LogP contribution < -0.4 is 5.76 Å². The van der Waals surface area contributed by atoms with Crippen molar-refractivity contribution in [3.63, 3.8) is 0 Å². The quantitative estimate of drug-likeness (QED) is 0.759. The predicted octanol–water partition coefficient (Wildman–Crippen LogP) is 1.39. The van der Waals surface area contributed by atoms with E-state index in [0.717, 1.165) is 6.42 Å². The average molecular weight is 204 g/mol. The minimum atomic E-state index is -0.386. The van der Waals surface area contributed by atoms with E-state index in [2.05, 4.69) is 9.68 Å². The minimum absolute atomic E-state index is 0.386. The average Bonchev–Trinajstić information content (AvgIpc) is 2.58. The van der Waals surface area contributed by atoms with Crippen molar-refractivity contribution in [3.8, 4) is 0 Å².